The van der Waals surface area contributed by atoms with Crippen LogP contribution in [0.4, 0.5) is 0 Å². The predicted octanol–water partition coefficient (Wildman–Crippen LogP) is 5.97. The number of carbonyl (C=O) groups excluding carboxylic acids is 1. The Morgan fingerprint density at radius 1 is 1.27 bits per heavy atom. The first-order valence-electron chi connectivity index (χ1n) is 7.60. The second-order valence-corrected chi connectivity index (χ2v) is 6.75. The largest absolute Gasteiger partial charge is 0.485 e. The van der Waals surface area contributed by atoms with Gasteiger partial charge >= 0.3 is 0 Å². The van der Waals surface area contributed by atoms with E-state index in [1.165, 1.54) is 28.1 Å². The fourth-order valence-electron chi connectivity index (χ4n) is 1.84. The van der Waals surface area contributed by atoms with Crippen LogP contribution >= 0.6 is 11.3 Å². The summed E-state index contributed by atoms with van der Waals surface area (Å²) in [6.07, 6.45) is 9.57. The Balaban J connectivity index is 2.55. The van der Waals surface area contributed by atoms with E-state index < -0.39 is 0 Å². The van der Waals surface area contributed by atoms with Crippen LogP contribution in [0.15, 0.2) is 46.4 Å². The van der Waals surface area contributed by atoms with Gasteiger partial charge < -0.3 is 4.74 Å². The molecule has 0 bridgehead atoms. The minimum absolute atomic E-state index is 0.00376. The maximum atomic E-state index is 10.7. The lowest BCUT2D eigenvalue weighted by Gasteiger charge is -2.13. The molecule has 0 amide bonds. The molecule has 0 fully saturated rings. The van der Waals surface area contributed by atoms with Crippen LogP contribution in [0.1, 0.15) is 57.1 Å². The van der Waals surface area contributed by atoms with Gasteiger partial charge in [-0.1, -0.05) is 29.4 Å². The lowest BCUT2D eigenvalue weighted by Crippen LogP contribution is -2.12. The number of rotatable bonds is 8. The van der Waals surface area contributed by atoms with Crippen LogP contribution in [-0.2, 0) is 0 Å². The first-order valence-corrected chi connectivity index (χ1v) is 8.48. The summed E-state index contributed by atoms with van der Waals surface area (Å²) in [4.78, 5) is 11.4. The van der Waals surface area contributed by atoms with Crippen LogP contribution in [0.5, 0.6) is 5.75 Å². The summed E-state index contributed by atoms with van der Waals surface area (Å²) in [5.41, 5.74) is 3.90. The molecule has 120 valence electrons. The molecule has 0 spiro atoms. The highest BCUT2D eigenvalue weighted by molar-refractivity contribution is 7.11. The Morgan fingerprint density at radius 2 is 2.00 bits per heavy atom. The van der Waals surface area contributed by atoms with Crippen LogP contribution in [0.25, 0.3) is 0 Å². The van der Waals surface area contributed by atoms with Gasteiger partial charge in [-0.25, -0.2) is 0 Å². The van der Waals surface area contributed by atoms with E-state index in [-0.39, 0.29) is 6.10 Å². The maximum Gasteiger partial charge on any atom is 0.160 e. The summed E-state index contributed by atoms with van der Waals surface area (Å²) in [5, 5.41) is 1.87. The Morgan fingerprint density at radius 3 is 2.59 bits per heavy atom. The zero-order valence-corrected chi connectivity index (χ0v) is 15.0. The molecule has 0 N–H and O–H groups in total. The molecule has 1 aromatic rings. The molecule has 3 heteroatoms. The molecule has 1 heterocycles. The van der Waals surface area contributed by atoms with Crippen LogP contribution in [0.2, 0.25) is 0 Å². The molecule has 0 saturated carbocycles. The van der Waals surface area contributed by atoms with Gasteiger partial charge in [0.1, 0.15) is 11.9 Å². The van der Waals surface area contributed by atoms with E-state index in [0.29, 0.717) is 4.88 Å². The molecule has 0 aliphatic rings. The highest BCUT2D eigenvalue weighted by Crippen LogP contribution is 2.22. The molecule has 0 radical (unpaired) electrons. The van der Waals surface area contributed by atoms with Crippen molar-refractivity contribution >= 4 is 17.6 Å². The Labute approximate surface area is 138 Å². The summed E-state index contributed by atoms with van der Waals surface area (Å²) >= 11 is 1.40. The van der Waals surface area contributed by atoms with Crippen molar-refractivity contribution in [2.24, 2.45) is 0 Å². The van der Waals surface area contributed by atoms with Crippen LogP contribution < -0.4 is 4.74 Å². The summed E-state index contributed by atoms with van der Waals surface area (Å²) in [6, 6.07) is 1.78. The zero-order chi connectivity index (χ0) is 16.5. The molecule has 1 rings (SSSR count). The van der Waals surface area contributed by atoms with Crippen molar-refractivity contribution in [3.8, 4) is 5.75 Å². The van der Waals surface area contributed by atoms with E-state index in [1.807, 2.05) is 12.3 Å². The smallest absolute Gasteiger partial charge is 0.160 e. The third-order valence-corrected chi connectivity index (χ3v) is 4.22. The summed E-state index contributed by atoms with van der Waals surface area (Å²) in [6.45, 7) is 10.5. The molecule has 0 saturated heterocycles. The highest BCUT2D eigenvalue weighted by atomic mass is 32.1. The van der Waals surface area contributed by atoms with Crippen molar-refractivity contribution in [2.75, 3.05) is 0 Å². The normalized spacial score (nSPS) is 13.7. The minimum Gasteiger partial charge on any atom is -0.485 e. The summed E-state index contributed by atoms with van der Waals surface area (Å²) in [5.74, 6) is 0.761. The topological polar surface area (TPSA) is 26.3 Å². The second kappa shape index (κ2) is 9.42. The van der Waals surface area contributed by atoms with Gasteiger partial charge in [-0.2, -0.15) is 0 Å². The van der Waals surface area contributed by atoms with Crippen molar-refractivity contribution < 1.29 is 9.53 Å². The van der Waals surface area contributed by atoms with Gasteiger partial charge in [-0.05, 0) is 53.0 Å². The van der Waals surface area contributed by atoms with Gasteiger partial charge in [0.05, 0.1) is 4.88 Å². The number of thiophene rings is 1. The molecular weight excluding hydrogens is 292 g/mol. The first-order chi connectivity index (χ1) is 10.4. The second-order valence-electron chi connectivity index (χ2n) is 5.81. The van der Waals surface area contributed by atoms with E-state index in [9.17, 15) is 4.79 Å². The molecule has 1 aromatic heterocycles. The van der Waals surface area contributed by atoms with Crippen molar-refractivity contribution in [3.05, 3.63) is 51.3 Å². The number of allylic oxidation sites excluding steroid dienone is 5. The van der Waals surface area contributed by atoms with E-state index in [2.05, 4.69) is 45.9 Å². The number of carbonyl (C=O) groups is 1. The Kier molecular flexibility index (Phi) is 7.89. The number of hydrogen-bond donors (Lipinski definition) is 0. The van der Waals surface area contributed by atoms with Gasteiger partial charge in [0.25, 0.3) is 0 Å². The molecular formula is C19H26O2S. The lowest BCUT2D eigenvalue weighted by molar-refractivity contribution is 0.112. The number of ether oxygens (including phenoxy) is 1. The van der Waals surface area contributed by atoms with Crippen molar-refractivity contribution in [1.82, 2.24) is 0 Å². The third kappa shape index (κ3) is 6.90. The van der Waals surface area contributed by atoms with Gasteiger partial charge in [0, 0.05) is 11.4 Å². The van der Waals surface area contributed by atoms with Crippen LogP contribution in [-0.4, -0.2) is 12.4 Å². The van der Waals surface area contributed by atoms with Crippen LogP contribution in [0, 0.1) is 0 Å². The average Bonchev–Trinajstić information content (AvgIpc) is 2.91. The molecule has 22 heavy (non-hydrogen) atoms. The first kappa shape index (κ1) is 18.4. The quantitative estimate of drug-likeness (QED) is 0.335. The molecule has 2 nitrogen and oxygen atoms in total. The SMILES string of the molecule is CC(C)=CCCC(C)=CC=C(C)C(C)Oc1csc(C=O)c1. The average molecular weight is 318 g/mol. The van der Waals surface area contributed by atoms with E-state index in [1.54, 1.807) is 6.07 Å². The Hall–Kier alpha value is -1.61. The summed E-state index contributed by atoms with van der Waals surface area (Å²) < 4.78 is 5.85. The predicted molar refractivity (Wildman–Crippen MR) is 96.0 cm³/mol. The van der Waals surface area contributed by atoms with Gasteiger partial charge in [0.15, 0.2) is 6.29 Å². The van der Waals surface area contributed by atoms with E-state index >= 15 is 0 Å². The van der Waals surface area contributed by atoms with E-state index in [0.717, 1.165) is 24.9 Å². The molecule has 0 aliphatic carbocycles. The van der Waals surface area contributed by atoms with Crippen molar-refractivity contribution in [1.29, 1.82) is 0 Å². The minimum atomic E-state index is -0.00376. The fraction of sp³-hybridized carbons (Fsp3) is 0.421. The third-order valence-electron chi connectivity index (χ3n) is 3.39. The highest BCUT2D eigenvalue weighted by Gasteiger charge is 2.07. The zero-order valence-electron chi connectivity index (χ0n) is 14.2. The molecule has 0 aliphatic heterocycles. The molecule has 1 atom stereocenters. The number of hydrogen-bond acceptors (Lipinski definition) is 3. The molecule has 0 aromatic carbocycles. The summed E-state index contributed by atoms with van der Waals surface area (Å²) in [7, 11) is 0. The number of aldehydes is 1. The van der Waals surface area contributed by atoms with Gasteiger partial charge in [0.2, 0.25) is 0 Å². The lowest BCUT2D eigenvalue weighted by atomic mass is 10.1. The standard InChI is InChI=1S/C19H26O2S/c1-14(2)7-6-8-15(3)9-10-16(4)17(5)21-18-11-19(12-20)22-13-18/h7,9-13,17H,6,8H2,1-5H3. The maximum absolute atomic E-state index is 10.7. The van der Waals surface area contributed by atoms with Crippen molar-refractivity contribution in [3.63, 3.8) is 0 Å². The van der Waals surface area contributed by atoms with E-state index in [4.69, 9.17) is 4.74 Å². The fourth-order valence-corrected chi connectivity index (χ4v) is 2.45. The van der Waals surface area contributed by atoms with Gasteiger partial charge in [-0.3, -0.25) is 4.79 Å². The monoisotopic (exact) mass is 318 g/mol. The van der Waals surface area contributed by atoms with Crippen molar-refractivity contribution in [2.45, 2.75) is 53.6 Å². The Bertz CT molecular complexity index is 572. The van der Waals surface area contributed by atoms with Gasteiger partial charge in [-0.15, -0.1) is 11.3 Å². The van der Waals surface area contributed by atoms with Crippen LogP contribution in [0.3, 0.4) is 0 Å². The molecule has 1 unspecified atom stereocenters.